The van der Waals surface area contributed by atoms with Crippen LogP contribution in [0.1, 0.15) is 28.7 Å². The zero-order valence-corrected chi connectivity index (χ0v) is 13.7. The Kier molecular flexibility index (Phi) is 5.57. The van der Waals surface area contributed by atoms with E-state index >= 15 is 0 Å². The Hall–Kier alpha value is -1.85. The number of aromatic nitrogens is 2. The number of nitrogens with zero attached hydrogens (tertiary/aromatic N) is 3. The van der Waals surface area contributed by atoms with Crippen LogP contribution >= 0.6 is 23.2 Å². The standard InChI is InChI=1S/C15H15Cl2N3O2/c1-3-20(9-14-10(2)18-22-19-14)5-4-15(21)11-6-12(16)8-13(17)7-11/h4-8H,3,9H2,1-2H3/b5-4+. The molecule has 2 aromatic rings. The molecule has 1 heterocycles. The minimum Gasteiger partial charge on any atom is -0.371 e. The molecule has 0 radical (unpaired) electrons. The summed E-state index contributed by atoms with van der Waals surface area (Å²) in [7, 11) is 0. The zero-order chi connectivity index (χ0) is 16.1. The Morgan fingerprint density at radius 2 is 1.95 bits per heavy atom. The molecule has 0 aliphatic carbocycles. The second-order valence-electron chi connectivity index (χ2n) is 4.70. The molecule has 0 aliphatic heterocycles. The van der Waals surface area contributed by atoms with Gasteiger partial charge in [0, 0.05) is 34.4 Å². The molecule has 0 saturated carbocycles. The van der Waals surface area contributed by atoms with Crippen molar-refractivity contribution in [3.63, 3.8) is 0 Å². The summed E-state index contributed by atoms with van der Waals surface area (Å²) in [4.78, 5) is 14.1. The molecule has 0 atom stereocenters. The molecule has 0 saturated heterocycles. The number of hydrogen-bond acceptors (Lipinski definition) is 5. The van der Waals surface area contributed by atoms with Gasteiger partial charge in [0.05, 0.1) is 6.54 Å². The average Bonchev–Trinajstić information content (AvgIpc) is 2.87. The lowest BCUT2D eigenvalue weighted by Crippen LogP contribution is -2.17. The normalized spacial score (nSPS) is 11.1. The van der Waals surface area contributed by atoms with E-state index in [4.69, 9.17) is 23.2 Å². The van der Waals surface area contributed by atoms with Crippen LogP contribution in [0.4, 0.5) is 0 Å². The molecular weight excluding hydrogens is 325 g/mol. The smallest absolute Gasteiger partial charge is 0.187 e. The number of carbonyl (C=O) groups is 1. The fourth-order valence-electron chi connectivity index (χ4n) is 1.82. The maximum Gasteiger partial charge on any atom is 0.187 e. The van der Waals surface area contributed by atoms with E-state index in [1.807, 2.05) is 18.7 Å². The van der Waals surface area contributed by atoms with Crippen molar-refractivity contribution in [3.8, 4) is 0 Å². The van der Waals surface area contributed by atoms with Crippen molar-refractivity contribution >= 4 is 29.0 Å². The number of aryl methyl sites for hydroxylation is 1. The van der Waals surface area contributed by atoms with Gasteiger partial charge in [-0.3, -0.25) is 4.79 Å². The van der Waals surface area contributed by atoms with Crippen molar-refractivity contribution in [2.75, 3.05) is 6.54 Å². The van der Waals surface area contributed by atoms with Gasteiger partial charge in [-0.05, 0) is 32.0 Å². The molecular formula is C15H15Cl2N3O2. The van der Waals surface area contributed by atoms with Crippen LogP contribution in [-0.4, -0.2) is 27.5 Å². The van der Waals surface area contributed by atoms with Crippen LogP contribution in [0.3, 0.4) is 0 Å². The number of allylic oxidation sites excluding steroid dienone is 1. The van der Waals surface area contributed by atoms with Crippen LogP contribution in [-0.2, 0) is 6.54 Å². The first-order valence-corrected chi connectivity index (χ1v) is 7.46. The quantitative estimate of drug-likeness (QED) is 0.590. The van der Waals surface area contributed by atoms with E-state index in [9.17, 15) is 4.79 Å². The Bertz CT molecular complexity index is 678. The average molecular weight is 340 g/mol. The third kappa shape index (κ3) is 4.32. The number of rotatable bonds is 6. The van der Waals surface area contributed by atoms with Gasteiger partial charge in [0.15, 0.2) is 5.78 Å². The summed E-state index contributed by atoms with van der Waals surface area (Å²) in [5.74, 6) is -0.169. The van der Waals surface area contributed by atoms with Crippen molar-refractivity contribution in [2.45, 2.75) is 20.4 Å². The maximum absolute atomic E-state index is 12.2. The van der Waals surface area contributed by atoms with Gasteiger partial charge in [-0.2, -0.15) is 0 Å². The predicted molar refractivity (Wildman–Crippen MR) is 85.1 cm³/mol. The second kappa shape index (κ2) is 7.42. The molecule has 0 aliphatic rings. The molecule has 22 heavy (non-hydrogen) atoms. The molecule has 7 heteroatoms. The summed E-state index contributed by atoms with van der Waals surface area (Å²) in [5, 5.41) is 8.43. The lowest BCUT2D eigenvalue weighted by atomic mass is 10.1. The summed E-state index contributed by atoms with van der Waals surface area (Å²) in [6.07, 6.45) is 3.19. The molecule has 1 aromatic carbocycles. The van der Waals surface area contributed by atoms with E-state index in [0.717, 1.165) is 11.4 Å². The Balaban J connectivity index is 2.08. The predicted octanol–water partition coefficient (Wildman–Crippen LogP) is 3.90. The van der Waals surface area contributed by atoms with E-state index < -0.39 is 0 Å². The highest BCUT2D eigenvalue weighted by molar-refractivity contribution is 6.35. The van der Waals surface area contributed by atoms with E-state index in [2.05, 4.69) is 14.9 Å². The molecule has 5 nitrogen and oxygen atoms in total. The van der Waals surface area contributed by atoms with Crippen LogP contribution in [0.15, 0.2) is 35.1 Å². The van der Waals surface area contributed by atoms with Crippen molar-refractivity contribution in [1.82, 2.24) is 15.2 Å². The van der Waals surface area contributed by atoms with E-state index in [1.165, 1.54) is 6.08 Å². The number of hydrogen-bond donors (Lipinski definition) is 0. The number of ketones is 1. The van der Waals surface area contributed by atoms with Gasteiger partial charge in [-0.25, -0.2) is 4.63 Å². The number of benzene rings is 1. The van der Waals surface area contributed by atoms with Gasteiger partial charge in [0.2, 0.25) is 0 Å². The van der Waals surface area contributed by atoms with E-state index in [-0.39, 0.29) is 5.78 Å². The molecule has 0 unspecified atom stereocenters. The van der Waals surface area contributed by atoms with Crippen LogP contribution in [0.2, 0.25) is 10.0 Å². The molecule has 0 amide bonds. The second-order valence-corrected chi connectivity index (χ2v) is 5.57. The number of carbonyl (C=O) groups excluding carboxylic acids is 1. The van der Waals surface area contributed by atoms with Crippen molar-refractivity contribution in [3.05, 3.63) is 57.5 Å². The topological polar surface area (TPSA) is 59.2 Å². The van der Waals surface area contributed by atoms with Gasteiger partial charge in [-0.1, -0.05) is 33.5 Å². The lowest BCUT2D eigenvalue weighted by molar-refractivity contribution is 0.104. The van der Waals surface area contributed by atoms with Crippen molar-refractivity contribution in [1.29, 1.82) is 0 Å². The number of halogens is 2. The Labute approximate surface area is 138 Å². The zero-order valence-electron chi connectivity index (χ0n) is 12.2. The van der Waals surface area contributed by atoms with Gasteiger partial charge >= 0.3 is 0 Å². The first-order valence-electron chi connectivity index (χ1n) is 6.70. The highest BCUT2D eigenvalue weighted by atomic mass is 35.5. The highest BCUT2D eigenvalue weighted by Crippen LogP contribution is 2.19. The van der Waals surface area contributed by atoms with E-state index in [0.29, 0.717) is 28.7 Å². The Morgan fingerprint density at radius 1 is 1.27 bits per heavy atom. The van der Waals surface area contributed by atoms with Gasteiger partial charge in [-0.15, -0.1) is 0 Å². The molecule has 0 N–H and O–H groups in total. The van der Waals surface area contributed by atoms with Crippen LogP contribution in [0.25, 0.3) is 0 Å². The van der Waals surface area contributed by atoms with Crippen LogP contribution in [0, 0.1) is 6.92 Å². The van der Waals surface area contributed by atoms with E-state index in [1.54, 1.807) is 24.4 Å². The maximum atomic E-state index is 12.2. The van der Waals surface area contributed by atoms with Crippen molar-refractivity contribution < 1.29 is 9.42 Å². The monoisotopic (exact) mass is 339 g/mol. The fourth-order valence-corrected chi connectivity index (χ4v) is 2.35. The third-order valence-corrected chi connectivity index (χ3v) is 3.53. The third-order valence-electron chi connectivity index (χ3n) is 3.09. The highest BCUT2D eigenvalue weighted by Gasteiger charge is 2.09. The largest absolute Gasteiger partial charge is 0.371 e. The minimum atomic E-state index is -0.169. The van der Waals surface area contributed by atoms with Crippen LogP contribution < -0.4 is 0 Å². The Morgan fingerprint density at radius 3 is 2.50 bits per heavy atom. The molecule has 116 valence electrons. The molecule has 0 fully saturated rings. The molecule has 0 bridgehead atoms. The summed E-state index contributed by atoms with van der Waals surface area (Å²) in [6, 6.07) is 4.76. The molecule has 0 spiro atoms. The first-order chi connectivity index (χ1) is 10.5. The minimum absolute atomic E-state index is 0.169. The molecule has 2 rings (SSSR count). The lowest BCUT2D eigenvalue weighted by Gasteiger charge is -2.16. The summed E-state index contributed by atoms with van der Waals surface area (Å²) in [5.41, 5.74) is 1.92. The van der Waals surface area contributed by atoms with Gasteiger partial charge in [0.25, 0.3) is 0 Å². The van der Waals surface area contributed by atoms with Crippen molar-refractivity contribution in [2.24, 2.45) is 0 Å². The summed E-state index contributed by atoms with van der Waals surface area (Å²) in [6.45, 7) is 5.04. The summed E-state index contributed by atoms with van der Waals surface area (Å²) < 4.78 is 4.66. The van der Waals surface area contributed by atoms with Gasteiger partial charge < -0.3 is 4.90 Å². The first kappa shape index (κ1) is 16.5. The molecule has 1 aromatic heterocycles. The SMILES string of the molecule is CCN(/C=C/C(=O)c1cc(Cl)cc(Cl)c1)Cc1nonc1C. The summed E-state index contributed by atoms with van der Waals surface area (Å²) >= 11 is 11.8. The van der Waals surface area contributed by atoms with Crippen LogP contribution in [0.5, 0.6) is 0 Å². The van der Waals surface area contributed by atoms with Gasteiger partial charge in [0.1, 0.15) is 11.4 Å². The fraction of sp³-hybridized carbons (Fsp3) is 0.267.